The van der Waals surface area contributed by atoms with Gasteiger partial charge in [-0.15, -0.1) is 0 Å². The van der Waals surface area contributed by atoms with Gasteiger partial charge in [0.15, 0.2) is 17.2 Å². The van der Waals surface area contributed by atoms with E-state index in [1.54, 1.807) is 24.4 Å². The van der Waals surface area contributed by atoms with E-state index in [-0.39, 0.29) is 11.7 Å². The van der Waals surface area contributed by atoms with Gasteiger partial charge in [-0.05, 0) is 37.3 Å². The lowest BCUT2D eigenvalue weighted by molar-refractivity contribution is 0.387. The Morgan fingerprint density at radius 2 is 1.89 bits per heavy atom. The number of methoxy groups -OCH3 is 1. The molecule has 0 aliphatic heterocycles. The smallest absolute Gasteiger partial charge is 0.222 e. The maximum Gasteiger partial charge on any atom is 0.222 e. The molecule has 142 valence electrons. The minimum atomic E-state index is -0.462. The predicted molar refractivity (Wildman–Crippen MR) is 105 cm³/mol. The van der Waals surface area contributed by atoms with Crippen LogP contribution in [0, 0.1) is 5.82 Å². The van der Waals surface area contributed by atoms with Gasteiger partial charge in [-0.25, -0.2) is 19.3 Å². The summed E-state index contributed by atoms with van der Waals surface area (Å²) in [5.74, 6) is 0.806. The maximum atomic E-state index is 13.8. The Labute approximate surface area is 160 Å². The van der Waals surface area contributed by atoms with Crippen LogP contribution in [0.25, 0.3) is 33.8 Å². The number of rotatable bonds is 4. The average molecular weight is 379 g/mol. The van der Waals surface area contributed by atoms with Crippen LogP contribution in [-0.2, 0) is 6.54 Å². The second-order valence-electron chi connectivity index (χ2n) is 6.10. The molecule has 0 aliphatic rings. The summed E-state index contributed by atoms with van der Waals surface area (Å²) in [7, 11) is 1.41. The van der Waals surface area contributed by atoms with Crippen molar-refractivity contribution in [2.24, 2.45) is 0 Å². The molecule has 0 spiro atoms. The Hall–Kier alpha value is -3.75. The highest BCUT2D eigenvalue weighted by Crippen LogP contribution is 2.33. The van der Waals surface area contributed by atoms with E-state index in [2.05, 4.69) is 15.0 Å². The van der Waals surface area contributed by atoms with Gasteiger partial charge in [0.2, 0.25) is 5.95 Å². The van der Waals surface area contributed by atoms with Crippen LogP contribution in [0.4, 0.5) is 16.2 Å². The van der Waals surface area contributed by atoms with Crippen molar-refractivity contribution < 1.29 is 9.13 Å². The average Bonchev–Trinajstić information content (AvgIpc) is 3.06. The van der Waals surface area contributed by atoms with E-state index in [4.69, 9.17) is 21.2 Å². The molecule has 0 fully saturated rings. The number of imidazole rings is 1. The third kappa shape index (κ3) is 2.86. The molecule has 0 amide bonds. The summed E-state index contributed by atoms with van der Waals surface area (Å²) in [5.41, 5.74) is 14.8. The van der Waals surface area contributed by atoms with Crippen molar-refractivity contribution in [2.45, 2.75) is 13.5 Å². The summed E-state index contributed by atoms with van der Waals surface area (Å²) in [6.07, 6.45) is 1.62. The van der Waals surface area contributed by atoms with Crippen LogP contribution in [0.3, 0.4) is 0 Å². The van der Waals surface area contributed by atoms with E-state index in [0.29, 0.717) is 40.6 Å². The molecule has 1 aromatic carbocycles. The standard InChI is InChI=1S/C19H18FN7O/c1-3-27-17(11-6-7-23-14(21)9-11)24-16-15(25-19(22)26-18(16)27)10-4-5-12(20)13(8-10)28-2/h4-9H,3H2,1-2H3,(H2,21,23)(H2,22,25,26). The van der Waals surface area contributed by atoms with Crippen molar-refractivity contribution >= 4 is 22.9 Å². The van der Waals surface area contributed by atoms with Gasteiger partial charge in [-0.3, -0.25) is 0 Å². The zero-order valence-corrected chi connectivity index (χ0v) is 15.3. The fourth-order valence-corrected chi connectivity index (χ4v) is 3.13. The highest BCUT2D eigenvalue weighted by Gasteiger charge is 2.20. The minimum absolute atomic E-state index is 0.0983. The third-order valence-electron chi connectivity index (χ3n) is 4.39. The van der Waals surface area contributed by atoms with Crippen LogP contribution in [0.15, 0.2) is 36.5 Å². The van der Waals surface area contributed by atoms with Crippen molar-refractivity contribution in [2.75, 3.05) is 18.6 Å². The first kappa shape index (κ1) is 17.7. The number of fused-ring (bicyclic) bond motifs is 1. The minimum Gasteiger partial charge on any atom is -0.494 e. The molecular formula is C19H18FN7O. The molecule has 28 heavy (non-hydrogen) atoms. The number of nitrogens with two attached hydrogens (primary N) is 2. The number of aryl methyl sites for hydroxylation is 1. The van der Waals surface area contributed by atoms with Gasteiger partial charge in [0.1, 0.15) is 22.9 Å². The third-order valence-corrected chi connectivity index (χ3v) is 4.39. The molecule has 9 heteroatoms. The van der Waals surface area contributed by atoms with Crippen LogP contribution < -0.4 is 16.2 Å². The molecule has 4 rings (SSSR count). The van der Waals surface area contributed by atoms with Crippen LogP contribution in [0.1, 0.15) is 6.92 Å². The molecule has 0 saturated carbocycles. The zero-order chi connectivity index (χ0) is 19.8. The number of benzene rings is 1. The van der Waals surface area contributed by atoms with Gasteiger partial charge in [-0.1, -0.05) is 0 Å². The summed E-state index contributed by atoms with van der Waals surface area (Å²) in [5, 5.41) is 0. The lowest BCUT2D eigenvalue weighted by atomic mass is 10.1. The van der Waals surface area contributed by atoms with Gasteiger partial charge in [0, 0.05) is 23.9 Å². The van der Waals surface area contributed by atoms with Gasteiger partial charge < -0.3 is 20.8 Å². The topological polar surface area (TPSA) is 118 Å². The van der Waals surface area contributed by atoms with Crippen molar-refractivity contribution in [3.05, 3.63) is 42.3 Å². The molecule has 8 nitrogen and oxygen atoms in total. The fourth-order valence-electron chi connectivity index (χ4n) is 3.13. The molecule has 0 saturated heterocycles. The van der Waals surface area contributed by atoms with E-state index in [0.717, 1.165) is 5.56 Å². The van der Waals surface area contributed by atoms with E-state index >= 15 is 0 Å². The zero-order valence-electron chi connectivity index (χ0n) is 15.3. The quantitative estimate of drug-likeness (QED) is 0.560. The highest BCUT2D eigenvalue weighted by atomic mass is 19.1. The second kappa shape index (κ2) is 6.76. The highest BCUT2D eigenvalue weighted by molar-refractivity contribution is 5.91. The van der Waals surface area contributed by atoms with Gasteiger partial charge in [0.05, 0.1) is 7.11 Å². The summed E-state index contributed by atoms with van der Waals surface area (Å²) in [4.78, 5) is 17.5. The molecule has 0 aliphatic carbocycles. The normalized spacial score (nSPS) is 11.1. The number of hydrogen-bond acceptors (Lipinski definition) is 7. The largest absolute Gasteiger partial charge is 0.494 e. The van der Waals surface area contributed by atoms with Crippen molar-refractivity contribution in [1.82, 2.24) is 24.5 Å². The first-order chi connectivity index (χ1) is 13.5. The summed E-state index contributed by atoms with van der Waals surface area (Å²) in [6, 6.07) is 8.05. The molecular weight excluding hydrogens is 361 g/mol. The van der Waals surface area contributed by atoms with Gasteiger partial charge in [-0.2, -0.15) is 4.98 Å². The molecule has 3 aromatic heterocycles. The van der Waals surface area contributed by atoms with Crippen LogP contribution in [0.2, 0.25) is 0 Å². The van der Waals surface area contributed by atoms with Crippen LogP contribution in [-0.4, -0.2) is 31.6 Å². The van der Waals surface area contributed by atoms with E-state index in [1.807, 2.05) is 17.6 Å². The van der Waals surface area contributed by atoms with E-state index < -0.39 is 5.82 Å². The molecule has 0 unspecified atom stereocenters. The van der Waals surface area contributed by atoms with Crippen LogP contribution in [0.5, 0.6) is 5.75 Å². The molecule has 4 N–H and O–H groups in total. The maximum absolute atomic E-state index is 13.8. The van der Waals surface area contributed by atoms with Crippen molar-refractivity contribution in [1.29, 1.82) is 0 Å². The SMILES string of the molecule is CCn1c(-c2ccnc(N)c2)nc2c(-c3ccc(F)c(OC)c3)nc(N)nc21. The molecule has 0 radical (unpaired) electrons. The number of ether oxygens (including phenoxy) is 1. The van der Waals surface area contributed by atoms with Gasteiger partial charge in [0.25, 0.3) is 0 Å². The number of hydrogen-bond donors (Lipinski definition) is 2. The number of anilines is 2. The molecule has 0 atom stereocenters. The lowest BCUT2D eigenvalue weighted by Crippen LogP contribution is -2.03. The number of halogens is 1. The summed E-state index contributed by atoms with van der Waals surface area (Å²) >= 11 is 0. The Kier molecular flexibility index (Phi) is 4.26. The number of nitrogen functional groups attached to an aromatic ring is 2. The summed E-state index contributed by atoms with van der Waals surface area (Å²) < 4.78 is 20.8. The Bertz CT molecular complexity index is 1190. The number of nitrogens with zero attached hydrogens (tertiary/aromatic N) is 5. The molecule has 4 aromatic rings. The second-order valence-corrected chi connectivity index (χ2v) is 6.10. The number of aromatic nitrogens is 5. The Morgan fingerprint density at radius 1 is 1.07 bits per heavy atom. The van der Waals surface area contributed by atoms with E-state index in [1.165, 1.54) is 13.2 Å². The first-order valence-corrected chi connectivity index (χ1v) is 8.61. The Balaban J connectivity index is 2.01. The van der Waals surface area contributed by atoms with Gasteiger partial charge >= 0.3 is 0 Å². The first-order valence-electron chi connectivity index (χ1n) is 8.61. The van der Waals surface area contributed by atoms with Crippen LogP contribution >= 0.6 is 0 Å². The van der Waals surface area contributed by atoms with Crippen molar-refractivity contribution in [3.8, 4) is 28.4 Å². The summed E-state index contributed by atoms with van der Waals surface area (Å²) in [6.45, 7) is 2.59. The number of pyridine rings is 1. The monoisotopic (exact) mass is 379 g/mol. The fraction of sp³-hybridized carbons (Fsp3) is 0.158. The van der Waals surface area contributed by atoms with E-state index in [9.17, 15) is 4.39 Å². The molecule has 3 heterocycles. The Morgan fingerprint density at radius 3 is 2.61 bits per heavy atom. The molecule has 0 bridgehead atoms. The predicted octanol–water partition coefficient (Wildman–Crippen LogP) is 2.89. The lowest BCUT2D eigenvalue weighted by Gasteiger charge is -2.08. The van der Waals surface area contributed by atoms with Crippen molar-refractivity contribution in [3.63, 3.8) is 0 Å².